The maximum absolute atomic E-state index is 12.7. The Labute approximate surface area is 122 Å². The number of pyridine rings is 1. The van der Waals surface area contributed by atoms with Crippen LogP contribution in [0.4, 0.5) is 0 Å². The maximum Gasteiger partial charge on any atom is 0.274 e. The molecular weight excluding hydrogens is 276 g/mol. The highest BCUT2D eigenvalue weighted by Crippen LogP contribution is 2.21. The number of nitrogens with one attached hydrogen (secondary N) is 1. The van der Waals surface area contributed by atoms with E-state index in [1.54, 1.807) is 4.40 Å². The van der Waals surface area contributed by atoms with Crippen molar-refractivity contribution in [2.75, 3.05) is 20.1 Å². The number of likely N-dealkylation sites (tertiary alicyclic amines) is 1. The highest BCUT2D eigenvalue weighted by atomic mass is 35.5. The number of carbonyl (C=O) groups excluding carboxylic acids is 1. The first-order valence-corrected chi connectivity index (χ1v) is 7.17. The number of hydrogen-bond donors (Lipinski definition) is 1. The van der Waals surface area contributed by atoms with Crippen LogP contribution < -0.4 is 5.32 Å². The van der Waals surface area contributed by atoms with Crippen LogP contribution in [0, 0.1) is 0 Å². The number of nitrogens with zero attached hydrogens (tertiary/aromatic N) is 3. The van der Waals surface area contributed by atoms with Crippen LogP contribution in [0.2, 0.25) is 5.15 Å². The molecule has 0 aliphatic carbocycles. The second-order valence-corrected chi connectivity index (χ2v) is 5.39. The van der Waals surface area contributed by atoms with Gasteiger partial charge in [-0.25, -0.2) is 4.98 Å². The molecule has 2 aromatic rings. The topological polar surface area (TPSA) is 49.6 Å². The highest BCUT2D eigenvalue weighted by Gasteiger charge is 2.27. The van der Waals surface area contributed by atoms with Crippen LogP contribution in [0.5, 0.6) is 0 Å². The maximum atomic E-state index is 12.7. The van der Waals surface area contributed by atoms with Crippen molar-refractivity contribution in [3.8, 4) is 0 Å². The first kappa shape index (κ1) is 13.4. The number of halogens is 1. The third-order valence-corrected chi connectivity index (χ3v) is 4.14. The number of rotatable bonds is 2. The van der Waals surface area contributed by atoms with Crippen molar-refractivity contribution in [2.24, 2.45) is 0 Å². The van der Waals surface area contributed by atoms with E-state index in [2.05, 4.69) is 10.3 Å². The summed E-state index contributed by atoms with van der Waals surface area (Å²) >= 11 is 6.15. The van der Waals surface area contributed by atoms with Crippen LogP contribution in [0.1, 0.15) is 23.3 Å². The lowest BCUT2D eigenvalue weighted by molar-refractivity contribution is 0.0700. The van der Waals surface area contributed by atoms with Crippen LogP contribution in [0.25, 0.3) is 5.65 Å². The van der Waals surface area contributed by atoms with Gasteiger partial charge in [0.15, 0.2) is 10.8 Å². The van der Waals surface area contributed by atoms with Crippen molar-refractivity contribution in [3.05, 3.63) is 35.2 Å². The Balaban J connectivity index is 1.88. The molecule has 0 saturated carbocycles. The lowest BCUT2D eigenvalue weighted by atomic mass is 10.1. The number of imidazole rings is 1. The molecule has 0 bridgehead atoms. The van der Waals surface area contributed by atoms with E-state index in [1.165, 1.54) is 0 Å². The van der Waals surface area contributed by atoms with E-state index in [-0.39, 0.29) is 11.1 Å². The van der Waals surface area contributed by atoms with Gasteiger partial charge in [-0.1, -0.05) is 17.7 Å². The van der Waals surface area contributed by atoms with Crippen LogP contribution in [-0.4, -0.2) is 46.4 Å². The molecule has 1 fully saturated rings. The molecule has 3 rings (SSSR count). The van der Waals surface area contributed by atoms with Gasteiger partial charge in [0.25, 0.3) is 5.91 Å². The van der Waals surface area contributed by atoms with Gasteiger partial charge in [-0.2, -0.15) is 0 Å². The first-order valence-electron chi connectivity index (χ1n) is 6.80. The molecule has 2 aromatic heterocycles. The van der Waals surface area contributed by atoms with E-state index in [1.807, 2.05) is 36.3 Å². The Morgan fingerprint density at radius 2 is 2.15 bits per heavy atom. The van der Waals surface area contributed by atoms with E-state index in [0.717, 1.165) is 25.9 Å². The summed E-state index contributed by atoms with van der Waals surface area (Å²) in [5, 5.41) is 3.53. The Bertz CT molecular complexity index is 631. The zero-order chi connectivity index (χ0) is 14.1. The molecule has 1 saturated heterocycles. The summed E-state index contributed by atoms with van der Waals surface area (Å²) in [5.41, 5.74) is 1.16. The van der Waals surface area contributed by atoms with Crippen LogP contribution in [-0.2, 0) is 0 Å². The molecule has 0 aromatic carbocycles. The Kier molecular flexibility index (Phi) is 3.63. The monoisotopic (exact) mass is 292 g/mol. The molecule has 106 valence electrons. The summed E-state index contributed by atoms with van der Waals surface area (Å²) in [4.78, 5) is 18.7. The second kappa shape index (κ2) is 5.42. The summed E-state index contributed by atoms with van der Waals surface area (Å²) in [5.74, 6) is -0.0387. The summed E-state index contributed by atoms with van der Waals surface area (Å²) < 4.78 is 1.76. The average Bonchev–Trinajstić information content (AvgIpc) is 2.82. The lowest BCUT2D eigenvalue weighted by Gasteiger charge is -2.31. The Morgan fingerprint density at radius 1 is 1.40 bits per heavy atom. The standard InChI is InChI=1S/C14H17ClN4O/c1-16-10-5-8-18(9-6-10)14(20)12-13(15)17-11-4-2-3-7-19(11)12/h2-4,7,10,16H,5-6,8-9H2,1H3. The van der Waals surface area contributed by atoms with E-state index in [4.69, 9.17) is 11.6 Å². The largest absolute Gasteiger partial charge is 0.337 e. The lowest BCUT2D eigenvalue weighted by Crippen LogP contribution is -2.44. The van der Waals surface area contributed by atoms with Gasteiger partial charge in [0.1, 0.15) is 5.65 Å². The minimum absolute atomic E-state index is 0.0387. The molecular formula is C14H17ClN4O. The molecule has 20 heavy (non-hydrogen) atoms. The zero-order valence-corrected chi connectivity index (χ0v) is 12.1. The van der Waals surface area contributed by atoms with Gasteiger partial charge in [-0.15, -0.1) is 0 Å². The van der Waals surface area contributed by atoms with Gasteiger partial charge in [-0.3, -0.25) is 9.20 Å². The molecule has 5 nitrogen and oxygen atoms in total. The summed E-state index contributed by atoms with van der Waals surface area (Å²) in [6.45, 7) is 1.50. The van der Waals surface area contributed by atoms with Crippen molar-refractivity contribution < 1.29 is 4.79 Å². The smallest absolute Gasteiger partial charge is 0.274 e. The molecule has 6 heteroatoms. The van der Waals surface area contributed by atoms with E-state index in [0.29, 0.717) is 17.4 Å². The summed E-state index contributed by atoms with van der Waals surface area (Å²) in [7, 11) is 1.96. The van der Waals surface area contributed by atoms with Gasteiger partial charge < -0.3 is 10.2 Å². The molecule has 1 aliphatic rings. The third kappa shape index (κ3) is 2.27. The van der Waals surface area contributed by atoms with Crippen molar-refractivity contribution in [2.45, 2.75) is 18.9 Å². The number of carbonyl (C=O) groups is 1. The minimum Gasteiger partial charge on any atom is -0.337 e. The molecule has 0 unspecified atom stereocenters. The Morgan fingerprint density at radius 3 is 2.85 bits per heavy atom. The van der Waals surface area contributed by atoms with Crippen molar-refractivity contribution in [1.29, 1.82) is 0 Å². The van der Waals surface area contributed by atoms with Crippen LogP contribution >= 0.6 is 11.6 Å². The summed E-state index contributed by atoms with van der Waals surface area (Å²) in [6, 6.07) is 6.09. The predicted octanol–water partition coefficient (Wildman–Crippen LogP) is 1.81. The fraction of sp³-hybridized carbons (Fsp3) is 0.429. The van der Waals surface area contributed by atoms with Gasteiger partial charge in [0, 0.05) is 25.3 Å². The SMILES string of the molecule is CNC1CCN(C(=O)c2c(Cl)nc3ccccn23)CC1. The van der Waals surface area contributed by atoms with Gasteiger partial charge in [0.05, 0.1) is 0 Å². The van der Waals surface area contributed by atoms with Crippen molar-refractivity contribution in [3.63, 3.8) is 0 Å². The molecule has 0 atom stereocenters. The van der Waals surface area contributed by atoms with Crippen LogP contribution in [0.3, 0.4) is 0 Å². The van der Waals surface area contributed by atoms with E-state index in [9.17, 15) is 4.79 Å². The number of fused-ring (bicyclic) bond motifs is 1. The summed E-state index contributed by atoms with van der Waals surface area (Å²) in [6.07, 6.45) is 3.76. The fourth-order valence-corrected chi connectivity index (χ4v) is 2.94. The molecule has 1 amide bonds. The van der Waals surface area contributed by atoms with Crippen molar-refractivity contribution in [1.82, 2.24) is 19.6 Å². The second-order valence-electron chi connectivity index (χ2n) is 5.04. The van der Waals surface area contributed by atoms with Gasteiger partial charge in [-0.05, 0) is 32.0 Å². The van der Waals surface area contributed by atoms with E-state index >= 15 is 0 Å². The highest BCUT2D eigenvalue weighted by molar-refractivity contribution is 6.32. The quantitative estimate of drug-likeness (QED) is 0.918. The first-order chi connectivity index (χ1) is 9.70. The van der Waals surface area contributed by atoms with Gasteiger partial charge >= 0.3 is 0 Å². The fourth-order valence-electron chi connectivity index (χ4n) is 2.68. The number of piperidine rings is 1. The molecule has 1 N–H and O–H groups in total. The normalized spacial score (nSPS) is 16.8. The van der Waals surface area contributed by atoms with Crippen molar-refractivity contribution >= 4 is 23.2 Å². The Hall–Kier alpha value is -1.59. The third-order valence-electron chi connectivity index (χ3n) is 3.88. The molecule has 0 spiro atoms. The molecule has 3 heterocycles. The van der Waals surface area contributed by atoms with E-state index < -0.39 is 0 Å². The average molecular weight is 293 g/mol. The van der Waals surface area contributed by atoms with Gasteiger partial charge in [0.2, 0.25) is 0 Å². The predicted molar refractivity (Wildman–Crippen MR) is 78.2 cm³/mol. The minimum atomic E-state index is -0.0387. The number of amides is 1. The molecule has 1 aliphatic heterocycles. The molecule has 0 radical (unpaired) electrons. The van der Waals surface area contributed by atoms with Crippen LogP contribution in [0.15, 0.2) is 24.4 Å². The zero-order valence-electron chi connectivity index (χ0n) is 11.3. The number of aromatic nitrogens is 2. The number of hydrogen-bond acceptors (Lipinski definition) is 3.